The summed E-state index contributed by atoms with van der Waals surface area (Å²) in [5.74, 6) is -0.981. The molecule has 0 aromatic heterocycles. The fourth-order valence-electron chi connectivity index (χ4n) is 0.853. The minimum Gasteiger partial charge on any atom is -0.478 e. The first-order chi connectivity index (χ1) is 9.18. The number of aliphatic hydroxyl groups excluding tert-OH is 1. The standard InChI is InChI=1S/C10H22O4.C3H4O2/c1-2-3-5-12-7-9-14-10-8-13-6-4-11;1-2-3(4)5/h11H,2-10H2,1H3;2H,1H2,(H,4,5). The number of carboxylic acid groups (broad SMARTS) is 1. The number of rotatable bonds is 12. The number of hydrogen-bond acceptors (Lipinski definition) is 5. The lowest BCUT2D eigenvalue weighted by Gasteiger charge is -2.05. The monoisotopic (exact) mass is 278 g/mol. The summed E-state index contributed by atoms with van der Waals surface area (Å²) in [5, 5.41) is 16.0. The van der Waals surface area contributed by atoms with Crippen LogP contribution in [-0.4, -0.2) is 62.4 Å². The molecule has 0 saturated carbocycles. The fraction of sp³-hybridized carbons (Fsp3) is 0.769. The van der Waals surface area contributed by atoms with Crippen LogP contribution < -0.4 is 0 Å². The van der Waals surface area contributed by atoms with E-state index in [0.29, 0.717) is 33.0 Å². The third-order valence-electron chi connectivity index (χ3n) is 1.80. The fourth-order valence-corrected chi connectivity index (χ4v) is 0.853. The highest BCUT2D eigenvalue weighted by atomic mass is 16.5. The molecule has 6 heteroatoms. The molecule has 0 aliphatic rings. The van der Waals surface area contributed by atoms with Crippen LogP contribution in [0.15, 0.2) is 12.7 Å². The summed E-state index contributed by atoms with van der Waals surface area (Å²) in [6, 6.07) is 0. The zero-order chi connectivity index (χ0) is 14.8. The van der Waals surface area contributed by atoms with Gasteiger partial charge in [0.1, 0.15) is 0 Å². The minimum absolute atomic E-state index is 0.0696. The second kappa shape index (κ2) is 19.4. The van der Waals surface area contributed by atoms with Gasteiger partial charge in [-0.2, -0.15) is 0 Å². The van der Waals surface area contributed by atoms with Gasteiger partial charge in [0.2, 0.25) is 0 Å². The van der Waals surface area contributed by atoms with Gasteiger partial charge in [0.05, 0.1) is 39.6 Å². The van der Waals surface area contributed by atoms with Gasteiger partial charge in [0, 0.05) is 12.7 Å². The summed E-state index contributed by atoms with van der Waals surface area (Å²) in [7, 11) is 0. The molecule has 0 unspecified atom stereocenters. The third-order valence-corrected chi connectivity index (χ3v) is 1.80. The Hall–Kier alpha value is -0.950. The molecule has 0 spiro atoms. The first-order valence-electron chi connectivity index (χ1n) is 6.38. The van der Waals surface area contributed by atoms with E-state index < -0.39 is 5.97 Å². The van der Waals surface area contributed by atoms with Gasteiger partial charge in [0.25, 0.3) is 0 Å². The normalized spacial score (nSPS) is 9.58. The van der Waals surface area contributed by atoms with Gasteiger partial charge >= 0.3 is 5.97 Å². The SMILES string of the molecule is C=CC(=O)O.CCCCOCCOCCOCCO. The van der Waals surface area contributed by atoms with Crippen LogP contribution in [0, 0.1) is 0 Å². The van der Waals surface area contributed by atoms with Crippen LogP contribution in [0.5, 0.6) is 0 Å². The minimum atomic E-state index is -0.981. The van der Waals surface area contributed by atoms with E-state index in [0.717, 1.165) is 25.5 Å². The second-order valence-electron chi connectivity index (χ2n) is 3.46. The largest absolute Gasteiger partial charge is 0.478 e. The van der Waals surface area contributed by atoms with Gasteiger partial charge in [-0.15, -0.1) is 0 Å². The average molecular weight is 278 g/mol. The lowest BCUT2D eigenvalue weighted by Crippen LogP contribution is -2.11. The highest BCUT2D eigenvalue weighted by Crippen LogP contribution is 1.87. The smallest absolute Gasteiger partial charge is 0.327 e. The molecule has 0 atom stereocenters. The van der Waals surface area contributed by atoms with Gasteiger partial charge in [-0.3, -0.25) is 0 Å². The Bertz CT molecular complexity index is 184. The lowest BCUT2D eigenvalue weighted by molar-refractivity contribution is -0.131. The number of carbonyl (C=O) groups is 1. The predicted molar refractivity (Wildman–Crippen MR) is 72.3 cm³/mol. The Labute approximate surface area is 115 Å². The summed E-state index contributed by atoms with van der Waals surface area (Å²) in [4.78, 5) is 9.25. The van der Waals surface area contributed by atoms with Crippen molar-refractivity contribution in [3.8, 4) is 0 Å². The average Bonchev–Trinajstić information content (AvgIpc) is 2.41. The Kier molecular flexibility index (Phi) is 20.8. The molecule has 0 saturated heterocycles. The van der Waals surface area contributed by atoms with Crippen molar-refractivity contribution in [1.29, 1.82) is 0 Å². The molecule has 0 radical (unpaired) electrons. The molecule has 0 aromatic carbocycles. The van der Waals surface area contributed by atoms with Gasteiger partial charge < -0.3 is 24.4 Å². The van der Waals surface area contributed by atoms with Crippen LogP contribution in [0.25, 0.3) is 0 Å². The summed E-state index contributed by atoms with van der Waals surface area (Å²) in [5.41, 5.74) is 0. The predicted octanol–water partition coefficient (Wildman–Crippen LogP) is 1.09. The van der Waals surface area contributed by atoms with E-state index in [2.05, 4.69) is 13.5 Å². The summed E-state index contributed by atoms with van der Waals surface area (Å²) >= 11 is 0. The van der Waals surface area contributed by atoms with Crippen molar-refractivity contribution < 1.29 is 29.2 Å². The maximum atomic E-state index is 9.25. The van der Waals surface area contributed by atoms with Gasteiger partial charge in [0.15, 0.2) is 0 Å². The molecule has 0 aliphatic heterocycles. The Morgan fingerprint density at radius 3 is 1.84 bits per heavy atom. The molecular weight excluding hydrogens is 252 g/mol. The molecule has 0 rings (SSSR count). The van der Waals surface area contributed by atoms with E-state index in [1.165, 1.54) is 0 Å². The van der Waals surface area contributed by atoms with Crippen LogP contribution in [0.1, 0.15) is 19.8 Å². The van der Waals surface area contributed by atoms with Gasteiger partial charge in [-0.05, 0) is 6.42 Å². The number of aliphatic carboxylic acids is 1. The topological polar surface area (TPSA) is 85.2 Å². The molecule has 2 N–H and O–H groups in total. The molecule has 0 bridgehead atoms. The molecule has 0 fully saturated rings. The quantitative estimate of drug-likeness (QED) is 0.410. The number of ether oxygens (including phenoxy) is 3. The third kappa shape index (κ3) is 26.6. The highest BCUT2D eigenvalue weighted by molar-refractivity contribution is 5.78. The summed E-state index contributed by atoms with van der Waals surface area (Å²) in [6.45, 7) is 8.75. The van der Waals surface area contributed by atoms with Crippen LogP contribution in [0.3, 0.4) is 0 Å². The first-order valence-corrected chi connectivity index (χ1v) is 6.38. The Balaban J connectivity index is 0. The maximum absolute atomic E-state index is 9.25. The summed E-state index contributed by atoms with van der Waals surface area (Å²) < 4.78 is 15.5. The van der Waals surface area contributed by atoms with E-state index in [1.54, 1.807) is 0 Å². The van der Waals surface area contributed by atoms with Crippen LogP contribution in [0.2, 0.25) is 0 Å². The van der Waals surface area contributed by atoms with E-state index in [4.69, 9.17) is 24.4 Å². The molecule has 0 aromatic rings. The molecule has 0 aliphatic carbocycles. The second-order valence-corrected chi connectivity index (χ2v) is 3.46. The molecular formula is C13H26O6. The van der Waals surface area contributed by atoms with Crippen LogP contribution >= 0.6 is 0 Å². The van der Waals surface area contributed by atoms with E-state index in [-0.39, 0.29) is 6.61 Å². The van der Waals surface area contributed by atoms with Crippen molar-refractivity contribution in [3.05, 3.63) is 12.7 Å². The van der Waals surface area contributed by atoms with E-state index in [1.807, 2.05) is 0 Å². The van der Waals surface area contributed by atoms with Crippen molar-refractivity contribution in [2.75, 3.05) is 46.2 Å². The zero-order valence-corrected chi connectivity index (χ0v) is 11.7. The number of carboxylic acids is 1. The molecule has 114 valence electrons. The number of unbranched alkanes of at least 4 members (excludes halogenated alkanes) is 1. The zero-order valence-electron chi connectivity index (χ0n) is 11.7. The Morgan fingerprint density at radius 2 is 1.47 bits per heavy atom. The molecule has 0 amide bonds. The molecule has 0 heterocycles. The van der Waals surface area contributed by atoms with Crippen molar-refractivity contribution in [1.82, 2.24) is 0 Å². The van der Waals surface area contributed by atoms with Crippen LogP contribution in [0.4, 0.5) is 0 Å². The van der Waals surface area contributed by atoms with Gasteiger partial charge in [-0.25, -0.2) is 4.79 Å². The first kappa shape index (κ1) is 20.4. The van der Waals surface area contributed by atoms with Gasteiger partial charge in [-0.1, -0.05) is 19.9 Å². The highest BCUT2D eigenvalue weighted by Gasteiger charge is 1.90. The summed E-state index contributed by atoms with van der Waals surface area (Å²) in [6.07, 6.45) is 3.11. The molecule has 6 nitrogen and oxygen atoms in total. The van der Waals surface area contributed by atoms with E-state index in [9.17, 15) is 4.79 Å². The van der Waals surface area contributed by atoms with Crippen LogP contribution in [-0.2, 0) is 19.0 Å². The number of aliphatic hydroxyl groups is 1. The number of hydrogen-bond donors (Lipinski definition) is 2. The van der Waals surface area contributed by atoms with Crippen molar-refractivity contribution in [2.24, 2.45) is 0 Å². The maximum Gasteiger partial charge on any atom is 0.327 e. The Morgan fingerprint density at radius 1 is 1.05 bits per heavy atom. The van der Waals surface area contributed by atoms with Crippen molar-refractivity contribution in [2.45, 2.75) is 19.8 Å². The lowest BCUT2D eigenvalue weighted by atomic mass is 10.4. The van der Waals surface area contributed by atoms with Crippen molar-refractivity contribution >= 4 is 5.97 Å². The van der Waals surface area contributed by atoms with E-state index >= 15 is 0 Å². The van der Waals surface area contributed by atoms with Crippen molar-refractivity contribution in [3.63, 3.8) is 0 Å². The molecule has 19 heavy (non-hydrogen) atoms.